The molecule has 0 bridgehead atoms. The monoisotopic (exact) mass is 649 g/mol. The molecule has 1 fully saturated rings. The average molecular weight is 650 g/mol. The third-order valence-corrected chi connectivity index (χ3v) is 8.85. The van der Waals surface area contributed by atoms with Gasteiger partial charge >= 0.3 is 0 Å². The summed E-state index contributed by atoms with van der Waals surface area (Å²) in [6.07, 6.45) is 4.85. The molecule has 1 amide bonds. The Hall–Kier alpha value is -4.36. The zero-order chi connectivity index (χ0) is 33.4. The van der Waals surface area contributed by atoms with Crippen molar-refractivity contribution in [2.24, 2.45) is 7.05 Å². The third-order valence-electron chi connectivity index (χ3n) is 8.26. The summed E-state index contributed by atoms with van der Waals surface area (Å²) in [5, 5.41) is 3.76. The van der Waals surface area contributed by atoms with E-state index in [1.54, 1.807) is 42.1 Å². The number of nitrogens with zero attached hydrogens (tertiary/aromatic N) is 5. The van der Waals surface area contributed by atoms with Crippen molar-refractivity contribution in [1.82, 2.24) is 19.4 Å². The van der Waals surface area contributed by atoms with E-state index in [1.807, 2.05) is 39.0 Å². The summed E-state index contributed by atoms with van der Waals surface area (Å²) in [6.45, 7) is 7.75. The molecule has 246 valence electrons. The summed E-state index contributed by atoms with van der Waals surface area (Å²) in [7, 11) is 3.84. The van der Waals surface area contributed by atoms with Gasteiger partial charge in [-0.2, -0.15) is 4.98 Å². The fourth-order valence-corrected chi connectivity index (χ4v) is 6.30. The lowest BCUT2D eigenvalue weighted by molar-refractivity contribution is 0.101. The van der Waals surface area contributed by atoms with Crippen LogP contribution in [0.2, 0.25) is 0 Å². The van der Waals surface area contributed by atoms with E-state index in [9.17, 15) is 13.2 Å². The molecular formula is C33H43N7O5S. The molecule has 0 aliphatic carbocycles. The normalized spacial score (nSPS) is 14.5. The number of nitrogens with one attached hydrogen (secondary N) is 2. The topological polar surface area (TPSA) is 131 Å². The first-order chi connectivity index (χ1) is 21.6. The minimum atomic E-state index is -3.61. The molecule has 0 unspecified atom stereocenters. The van der Waals surface area contributed by atoms with Crippen molar-refractivity contribution in [2.45, 2.75) is 45.1 Å². The van der Waals surface area contributed by atoms with E-state index in [2.05, 4.69) is 38.9 Å². The lowest BCUT2D eigenvalue weighted by atomic mass is 9.86. The standard InChI is InChI=1S/C33H43N7O5S/c1-33(2,3)22-19-24(30(44-7)25(20-22)37-46(8,42)43)35-31(41)26-18-21-10-9-11-27(29(21)39(26)6)45-28-12-15-34-32(36-28)40-16-13-23(14-17-40)38(4)5/h9-12,15,18-20,23,37H,13-14,16-17H2,1-8H3,(H,35,41). The summed E-state index contributed by atoms with van der Waals surface area (Å²) < 4.78 is 40.5. The smallest absolute Gasteiger partial charge is 0.272 e. The van der Waals surface area contributed by atoms with Gasteiger partial charge in [-0.15, -0.1) is 0 Å². The molecule has 0 saturated carbocycles. The Kier molecular flexibility index (Phi) is 9.19. The number of para-hydroxylation sites is 1. The van der Waals surface area contributed by atoms with Crippen LogP contribution in [0, 0.1) is 0 Å². The Morgan fingerprint density at radius 1 is 1.07 bits per heavy atom. The maximum atomic E-state index is 13.8. The van der Waals surface area contributed by atoms with Crippen LogP contribution >= 0.6 is 0 Å². The van der Waals surface area contributed by atoms with E-state index >= 15 is 0 Å². The molecule has 5 rings (SSSR count). The number of hydrogen-bond acceptors (Lipinski definition) is 9. The quantitative estimate of drug-likeness (QED) is 0.251. The molecule has 3 heterocycles. The van der Waals surface area contributed by atoms with Crippen molar-refractivity contribution >= 4 is 44.2 Å². The molecular weight excluding hydrogens is 606 g/mol. The van der Waals surface area contributed by atoms with Gasteiger partial charge in [-0.05, 0) is 62.2 Å². The summed E-state index contributed by atoms with van der Waals surface area (Å²) in [4.78, 5) is 27.4. The van der Waals surface area contributed by atoms with Crippen LogP contribution < -0.4 is 24.4 Å². The third kappa shape index (κ3) is 7.20. The van der Waals surface area contributed by atoms with Crippen molar-refractivity contribution in [3.8, 4) is 17.4 Å². The molecule has 1 aliphatic heterocycles. The number of aromatic nitrogens is 3. The Morgan fingerprint density at radius 3 is 2.39 bits per heavy atom. The number of carbonyl (C=O) groups is 1. The number of amides is 1. The molecule has 2 aromatic heterocycles. The maximum absolute atomic E-state index is 13.8. The van der Waals surface area contributed by atoms with Crippen LogP contribution in [0.25, 0.3) is 10.9 Å². The van der Waals surface area contributed by atoms with Gasteiger partial charge in [-0.3, -0.25) is 9.52 Å². The molecule has 1 saturated heterocycles. The average Bonchev–Trinajstić information content (AvgIpc) is 3.33. The summed E-state index contributed by atoms with van der Waals surface area (Å²) in [5.41, 5.74) is 2.15. The second-order valence-electron chi connectivity index (χ2n) is 12.9. The van der Waals surface area contributed by atoms with Crippen LogP contribution in [-0.2, 0) is 22.5 Å². The summed E-state index contributed by atoms with van der Waals surface area (Å²) in [6, 6.07) is 13.2. The molecule has 0 radical (unpaired) electrons. The molecule has 0 spiro atoms. The van der Waals surface area contributed by atoms with E-state index < -0.39 is 15.9 Å². The lowest BCUT2D eigenvalue weighted by Gasteiger charge is -2.35. The van der Waals surface area contributed by atoms with Crippen LogP contribution in [0.1, 0.15) is 49.7 Å². The van der Waals surface area contributed by atoms with E-state index in [0.29, 0.717) is 35.0 Å². The minimum Gasteiger partial charge on any atom is -0.492 e. The second-order valence-corrected chi connectivity index (χ2v) is 14.7. The number of anilines is 3. The highest BCUT2D eigenvalue weighted by molar-refractivity contribution is 7.92. The van der Waals surface area contributed by atoms with Gasteiger partial charge in [0.1, 0.15) is 5.69 Å². The molecule has 4 aromatic rings. The molecule has 2 aromatic carbocycles. The molecule has 46 heavy (non-hydrogen) atoms. The van der Waals surface area contributed by atoms with Gasteiger partial charge in [0.05, 0.1) is 30.3 Å². The van der Waals surface area contributed by atoms with Gasteiger partial charge in [0.25, 0.3) is 5.91 Å². The van der Waals surface area contributed by atoms with E-state index in [1.165, 1.54) is 7.11 Å². The molecule has 0 atom stereocenters. The first-order valence-electron chi connectivity index (χ1n) is 15.2. The summed E-state index contributed by atoms with van der Waals surface area (Å²) >= 11 is 0. The van der Waals surface area contributed by atoms with Crippen molar-refractivity contribution in [1.29, 1.82) is 0 Å². The van der Waals surface area contributed by atoms with E-state index in [0.717, 1.165) is 48.7 Å². The van der Waals surface area contributed by atoms with E-state index in [-0.39, 0.29) is 16.9 Å². The van der Waals surface area contributed by atoms with E-state index in [4.69, 9.17) is 14.5 Å². The molecule has 1 aliphatic rings. The van der Waals surface area contributed by atoms with Gasteiger partial charge in [0.15, 0.2) is 11.5 Å². The Morgan fingerprint density at radius 2 is 1.76 bits per heavy atom. The SMILES string of the molecule is COc1c(NC(=O)c2cc3cccc(Oc4ccnc(N5CCC(N(C)C)CC5)n4)c3n2C)cc(C(C)(C)C)cc1NS(C)(=O)=O. The Bertz CT molecular complexity index is 1860. The predicted octanol–water partition coefficient (Wildman–Crippen LogP) is 5.22. The lowest BCUT2D eigenvalue weighted by Crippen LogP contribution is -2.42. The molecule has 12 nitrogen and oxygen atoms in total. The first-order valence-corrected chi connectivity index (χ1v) is 17.1. The van der Waals surface area contributed by atoms with Gasteiger partial charge in [0.2, 0.25) is 21.9 Å². The highest BCUT2D eigenvalue weighted by Crippen LogP contribution is 2.40. The van der Waals surface area contributed by atoms with Gasteiger partial charge in [0, 0.05) is 43.8 Å². The summed E-state index contributed by atoms with van der Waals surface area (Å²) in [5.74, 6) is 1.39. The van der Waals surface area contributed by atoms with Crippen molar-refractivity contribution in [3.05, 3.63) is 59.9 Å². The largest absolute Gasteiger partial charge is 0.492 e. The fraction of sp³-hybridized carbons (Fsp3) is 0.424. The number of piperidine rings is 1. The highest BCUT2D eigenvalue weighted by atomic mass is 32.2. The van der Waals surface area contributed by atoms with Crippen LogP contribution in [0.15, 0.2) is 48.7 Å². The zero-order valence-electron chi connectivity index (χ0n) is 27.7. The Labute approximate surface area is 270 Å². The van der Waals surface area contributed by atoms with Gasteiger partial charge < -0.3 is 29.2 Å². The minimum absolute atomic E-state index is 0.208. The van der Waals surface area contributed by atoms with Crippen LogP contribution in [0.5, 0.6) is 17.4 Å². The van der Waals surface area contributed by atoms with Crippen LogP contribution in [0.3, 0.4) is 0 Å². The van der Waals surface area contributed by atoms with Crippen molar-refractivity contribution in [2.75, 3.05) is 55.5 Å². The predicted molar refractivity (Wildman–Crippen MR) is 182 cm³/mol. The number of carbonyl (C=O) groups excluding carboxylic acids is 1. The van der Waals surface area contributed by atoms with Gasteiger partial charge in [-0.25, -0.2) is 13.4 Å². The number of aryl methyl sites for hydroxylation is 1. The molecule has 13 heteroatoms. The number of hydrogen-bond donors (Lipinski definition) is 2. The highest BCUT2D eigenvalue weighted by Gasteiger charge is 2.25. The van der Waals surface area contributed by atoms with Crippen molar-refractivity contribution in [3.63, 3.8) is 0 Å². The zero-order valence-corrected chi connectivity index (χ0v) is 28.5. The number of ether oxygens (including phenoxy) is 2. The first kappa shape index (κ1) is 33.0. The second kappa shape index (κ2) is 12.8. The maximum Gasteiger partial charge on any atom is 0.272 e. The Balaban J connectivity index is 1.44. The van der Waals surface area contributed by atoms with Crippen LogP contribution in [0.4, 0.5) is 17.3 Å². The fourth-order valence-electron chi connectivity index (χ4n) is 5.75. The van der Waals surface area contributed by atoms with Crippen molar-refractivity contribution < 1.29 is 22.7 Å². The number of rotatable bonds is 9. The number of fused-ring (bicyclic) bond motifs is 1. The number of sulfonamides is 1. The van der Waals surface area contributed by atoms with Crippen LogP contribution in [-0.4, -0.2) is 80.4 Å². The van der Waals surface area contributed by atoms with Gasteiger partial charge in [-0.1, -0.05) is 32.9 Å². The number of benzene rings is 2. The number of methoxy groups -OCH3 is 1. The molecule has 2 N–H and O–H groups in total.